The van der Waals surface area contributed by atoms with Crippen LogP contribution in [0.4, 0.5) is 14.7 Å². The van der Waals surface area contributed by atoms with Gasteiger partial charge in [-0.25, -0.2) is 4.79 Å². The number of amides is 1. The fourth-order valence-corrected chi connectivity index (χ4v) is 4.86. The summed E-state index contributed by atoms with van der Waals surface area (Å²) in [6, 6.07) is 18.2. The zero-order valence-corrected chi connectivity index (χ0v) is 24.7. The van der Waals surface area contributed by atoms with Crippen molar-refractivity contribution >= 4 is 31.1 Å². The van der Waals surface area contributed by atoms with Crippen LogP contribution in [-0.4, -0.2) is 41.6 Å². The number of rotatable bonds is 18. The first kappa shape index (κ1) is 34.8. The number of ether oxygens (including phenoxy) is 2. The van der Waals surface area contributed by atoms with E-state index in [1.807, 2.05) is 0 Å². The Labute approximate surface area is 255 Å². The lowest BCUT2D eigenvalue weighted by Crippen LogP contribution is -2.49. The number of benzene rings is 3. The summed E-state index contributed by atoms with van der Waals surface area (Å²) in [6.45, 7) is 1.10. The Morgan fingerprint density at radius 3 is 2.29 bits per heavy atom. The van der Waals surface area contributed by atoms with Crippen molar-refractivity contribution in [1.29, 1.82) is 0 Å². The van der Waals surface area contributed by atoms with E-state index in [1.165, 1.54) is 49.4 Å². The molecule has 45 heavy (non-hydrogen) atoms. The molecule has 0 heterocycles. The van der Waals surface area contributed by atoms with Crippen LogP contribution in [0, 0.1) is 10.1 Å². The Morgan fingerprint density at radius 1 is 1.02 bits per heavy atom. The van der Waals surface area contributed by atoms with Crippen LogP contribution in [0.1, 0.15) is 40.4 Å². The van der Waals surface area contributed by atoms with E-state index < -0.39 is 30.3 Å². The van der Waals surface area contributed by atoms with Gasteiger partial charge in [-0.05, 0) is 51.2 Å². The minimum atomic E-state index is -4.63. The largest absolute Gasteiger partial charge is 0.487 e. The number of nitro benzene ring substituents is 1. The summed E-state index contributed by atoms with van der Waals surface area (Å²) in [6.07, 6.45) is 0.571. The number of aliphatic imine (C=N–C) groups is 1. The monoisotopic (exact) mass is 647 g/mol. The predicted octanol–water partition coefficient (Wildman–Crippen LogP) is 5.67. The van der Waals surface area contributed by atoms with Crippen molar-refractivity contribution < 1.29 is 51.9 Å². The van der Waals surface area contributed by atoms with Gasteiger partial charge < -0.3 is 14.8 Å². The van der Waals surface area contributed by atoms with Gasteiger partial charge in [-0.3, -0.25) is 24.3 Å². The first-order valence-electron chi connectivity index (χ1n) is 13.3. The second kappa shape index (κ2) is 16.4. The Kier molecular flexibility index (Phi) is 12.7. The first-order chi connectivity index (χ1) is 21.5. The molecule has 0 radical (unpaired) electrons. The number of hydrogen-bond acceptors (Lipinski definition) is 11. The van der Waals surface area contributed by atoms with E-state index >= 15 is 0 Å². The van der Waals surface area contributed by atoms with E-state index in [0.29, 0.717) is 11.1 Å². The maximum atomic E-state index is 13.5. The van der Waals surface area contributed by atoms with Gasteiger partial charge in [0.25, 0.3) is 11.6 Å². The average Bonchev–Trinajstić information content (AvgIpc) is 3.04. The molecule has 0 saturated carbocycles. The topological polar surface area (TPSA) is 173 Å². The normalized spacial score (nSPS) is 12.4. The van der Waals surface area contributed by atoms with Crippen LogP contribution in [0.3, 0.4) is 0 Å². The number of ketones is 1. The fourth-order valence-electron chi connectivity index (χ4n) is 4.09. The number of nitrogens with zero attached hydrogens (tertiary/aromatic N) is 2. The number of halogens is 2. The lowest BCUT2D eigenvalue weighted by atomic mass is 10.0. The van der Waals surface area contributed by atoms with Gasteiger partial charge >= 0.3 is 13.3 Å². The van der Waals surface area contributed by atoms with Crippen molar-refractivity contribution in [3.8, 4) is 5.75 Å². The van der Waals surface area contributed by atoms with E-state index in [1.54, 1.807) is 30.3 Å². The van der Waals surface area contributed by atoms with Crippen LogP contribution in [0.5, 0.6) is 5.75 Å². The highest BCUT2D eigenvalue weighted by Crippen LogP contribution is 2.52. The lowest BCUT2D eigenvalue weighted by molar-refractivity contribution is -0.385. The van der Waals surface area contributed by atoms with E-state index in [0.717, 1.165) is 6.07 Å². The summed E-state index contributed by atoms with van der Waals surface area (Å²) >= 11 is 0. The van der Waals surface area contributed by atoms with Gasteiger partial charge in [0.15, 0.2) is 11.5 Å². The maximum Gasteiger partial charge on any atom is 0.399 e. The highest BCUT2D eigenvalue weighted by atomic mass is 31.2. The first-order valence-corrected chi connectivity index (χ1v) is 15.0. The van der Waals surface area contributed by atoms with Gasteiger partial charge in [0, 0.05) is 24.6 Å². The van der Waals surface area contributed by atoms with Crippen molar-refractivity contribution in [3.05, 3.63) is 105 Å². The standard InChI is InChI=1S/C29H28F2N3O10P/c1-21(36)25-12-13-27(26(16-25)34(38)39)41-15-5-14-32-28(37)29(33-20-35,42-18-23-6-3-2-4-7-23)17-22-8-10-24(11-9-22)19-45(40,43-30)44-31/h2-4,6-13,16H,5,14-15,17-19H2,1H3,(H,32,37)/t29-/m0/s1. The molecule has 0 unspecified atom stereocenters. The van der Waals surface area contributed by atoms with Gasteiger partial charge in [-0.1, -0.05) is 54.6 Å². The SMILES string of the molecule is CC(=O)c1ccc(OCCCNC(=O)[C@@](Cc2ccc(CP(=O)(OF)OF)cc2)(N=C=O)OCc2ccccc2)c([N+](=O)[O-])c1. The third-order valence-electron chi connectivity index (χ3n) is 6.38. The van der Waals surface area contributed by atoms with Crippen molar-refractivity contribution in [2.75, 3.05) is 13.2 Å². The second-order valence-corrected chi connectivity index (χ2v) is 11.4. The molecule has 13 nitrogen and oxygen atoms in total. The van der Waals surface area contributed by atoms with Gasteiger partial charge in [0.1, 0.15) is 0 Å². The molecule has 1 amide bonds. The molecule has 0 aliphatic heterocycles. The van der Waals surface area contributed by atoms with E-state index in [4.69, 9.17) is 9.47 Å². The van der Waals surface area contributed by atoms with E-state index in [9.17, 15) is 38.1 Å². The molecule has 238 valence electrons. The van der Waals surface area contributed by atoms with Gasteiger partial charge in [0.05, 0.1) is 24.3 Å². The Morgan fingerprint density at radius 2 is 1.69 bits per heavy atom. The fraction of sp³-hybridized carbons (Fsp3) is 0.276. The second-order valence-electron chi connectivity index (χ2n) is 9.62. The van der Waals surface area contributed by atoms with Gasteiger partial charge in [-0.2, -0.15) is 4.99 Å². The maximum absolute atomic E-state index is 13.5. The zero-order valence-electron chi connectivity index (χ0n) is 23.9. The number of carbonyl (C=O) groups excluding carboxylic acids is 3. The summed E-state index contributed by atoms with van der Waals surface area (Å²) in [4.78, 5) is 51.0. The quantitative estimate of drug-likeness (QED) is 0.0345. The Hall–Kier alpha value is -4.65. The van der Waals surface area contributed by atoms with Crippen LogP contribution in [-0.2, 0) is 47.5 Å². The molecular formula is C29H28F2N3O10P. The molecule has 0 bridgehead atoms. The molecule has 0 aliphatic carbocycles. The molecule has 0 saturated heterocycles. The molecule has 1 atom stereocenters. The summed E-state index contributed by atoms with van der Waals surface area (Å²) in [5, 5.41) is 14.0. The molecular weight excluding hydrogens is 619 g/mol. The van der Waals surface area contributed by atoms with Crippen molar-refractivity contribution in [3.63, 3.8) is 0 Å². The van der Waals surface area contributed by atoms with Gasteiger partial charge in [-0.15, -0.1) is 9.46 Å². The Balaban J connectivity index is 1.73. The summed E-state index contributed by atoms with van der Waals surface area (Å²) in [7, 11) is -4.63. The molecule has 0 aromatic heterocycles. The summed E-state index contributed by atoms with van der Waals surface area (Å²) < 4.78 is 54.4. The molecule has 0 spiro atoms. The van der Waals surface area contributed by atoms with Crippen molar-refractivity contribution in [2.45, 2.75) is 38.3 Å². The van der Waals surface area contributed by atoms with E-state index in [2.05, 4.69) is 19.8 Å². The number of nitrogens with one attached hydrogen (secondary N) is 1. The molecule has 1 N–H and O–H groups in total. The third kappa shape index (κ3) is 9.93. The number of isocyanates is 1. The number of Topliss-reactive ketones (excluding diaryl/α,β-unsaturated/α-hetero) is 1. The van der Waals surface area contributed by atoms with Crippen LogP contribution in [0.15, 0.2) is 77.8 Å². The molecule has 3 aromatic carbocycles. The number of nitro groups is 1. The van der Waals surface area contributed by atoms with Crippen molar-refractivity contribution in [2.24, 2.45) is 4.99 Å². The summed E-state index contributed by atoms with van der Waals surface area (Å²) in [5.74, 6) is -1.20. The zero-order chi connectivity index (χ0) is 32.9. The molecule has 3 aromatic rings. The van der Waals surface area contributed by atoms with E-state index in [-0.39, 0.29) is 60.9 Å². The average molecular weight is 648 g/mol. The van der Waals surface area contributed by atoms with Crippen LogP contribution < -0.4 is 10.1 Å². The van der Waals surface area contributed by atoms with Crippen LogP contribution in [0.2, 0.25) is 0 Å². The number of hydrogen-bond donors (Lipinski definition) is 1. The smallest absolute Gasteiger partial charge is 0.399 e. The summed E-state index contributed by atoms with van der Waals surface area (Å²) in [5.41, 5.74) is -1.06. The number of carbonyl (C=O) groups is 2. The highest BCUT2D eigenvalue weighted by molar-refractivity contribution is 7.52. The molecule has 0 aliphatic rings. The van der Waals surface area contributed by atoms with Crippen molar-refractivity contribution in [1.82, 2.24) is 5.32 Å². The molecule has 16 heteroatoms. The molecule has 3 rings (SSSR count). The third-order valence-corrected chi connectivity index (χ3v) is 7.55. The van der Waals surface area contributed by atoms with Gasteiger partial charge in [0.2, 0.25) is 6.08 Å². The molecule has 0 fully saturated rings. The highest BCUT2D eigenvalue weighted by Gasteiger charge is 2.40. The minimum absolute atomic E-state index is 0.0102. The van der Waals surface area contributed by atoms with Crippen LogP contribution >= 0.6 is 7.60 Å². The minimum Gasteiger partial charge on any atom is -0.487 e. The predicted molar refractivity (Wildman–Crippen MR) is 154 cm³/mol. The van der Waals surface area contributed by atoms with Crippen LogP contribution in [0.25, 0.3) is 0 Å². The Bertz CT molecular complexity index is 1580. The lowest BCUT2D eigenvalue weighted by Gasteiger charge is -2.27.